The van der Waals surface area contributed by atoms with Crippen LogP contribution in [-0.4, -0.2) is 60.6 Å². The topological polar surface area (TPSA) is 83.5 Å². The van der Waals surface area contributed by atoms with E-state index in [1.54, 1.807) is 0 Å². The van der Waals surface area contributed by atoms with Gasteiger partial charge in [-0.25, -0.2) is 4.79 Å². The zero-order chi connectivity index (χ0) is 30.5. The van der Waals surface area contributed by atoms with E-state index >= 15 is 0 Å². The Balaban J connectivity index is 1.48. The molecule has 3 heterocycles. The number of hydrogen-bond donors (Lipinski definition) is 0. The van der Waals surface area contributed by atoms with Crippen molar-refractivity contribution in [3.8, 4) is 11.5 Å². The molecule has 1 aromatic rings. The van der Waals surface area contributed by atoms with Crippen LogP contribution < -0.4 is 9.47 Å². The average Bonchev–Trinajstić information content (AvgIpc) is 2.90. The molecule has 0 bridgehead atoms. The zero-order valence-electron chi connectivity index (χ0n) is 26.7. The first-order chi connectivity index (χ1) is 19.9. The van der Waals surface area contributed by atoms with Gasteiger partial charge in [0.15, 0.2) is 0 Å². The number of likely N-dealkylation sites (tertiary alicyclic amines) is 1. The van der Waals surface area contributed by atoms with Gasteiger partial charge in [-0.1, -0.05) is 11.6 Å². The number of fused-ring (bicyclic) bond motifs is 4. The van der Waals surface area contributed by atoms with Crippen LogP contribution in [0.3, 0.4) is 0 Å². The standard InChI is InChI=1S/C34H51NO7/c1-8-38-30(36)13-9-10-19-39-25-14-15-26-29(21-25)41-34(7,17-11-12-23(2)3)27-20-24-22-35(32(37)42-33(4,5)6)18-16-28(24)40-31(26)27/h12,14-15,21,24,27-28,31H,8-11,13,16-20,22H2,1-7H3/t24-,27-,28-,31+,34-/m0/s1. The molecule has 2 saturated heterocycles. The summed E-state index contributed by atoms with van der Waals surface area (Å²) < 4.78 is 30.5. The number of piperidine rings is 1. The smallest absolute Gasteiger partial charge is 0.410 e. The molecular formula is C34H51NO7. The lowest BCUT2D eigenvalue weighted by Crippen LogP contribution is -2.57. The molecule has 3 aliphatic heterocycles. The van der Waals surface area contributed by atoms with Crippen molar-refractivity contribution in [2.24, 2.45) is 11.8 Å². The van der Waals surface area contributed by atoms with Crippen LogP contribution in [-0.2, 0) is 19.0 Å². The largest absolute Gasteiger partial charge is 0.493 e. The summed E-state index contributed by atoms with van der Waals surface area (Å²) in [6, 6.07) is 6.08. The highest BCUT2D eigenvalue weighted by Crippen LogP contribution is 2.55. The Bertz CT molecular complexity index is 1120. The van der Waals surface area contributed by atoms with Crippen molar-refractivity contribution in [2.75, 3.05) is 26.3 Å². The number of hydrogen-bond acceptors (Lipinski definition) is 7. The first-order valence-corrected chi connectivity index (χ1v) is 15.8. The maximum atomic E-state index is 12.9. The van der Waals surface area contributed by atoms with Gasteiger partial charge in [0.1, 0.15) is 22.7 Å². The molecule has 5 atom stereocenters. The van der Waals surface area contributed by atoms with E-state index in [9.17, 15) is 9.59 Å². The average molecular weight is 586 g/mol. The van der Waals surface area contributed by atoms with Crippen LogP contribution >= 0.6 is 0 Å². The molecule has 2 fully saturated rings. The number of carbonyl (C=O) groups excluding carboxylic acids is 2. The summed E-state index contributed by atoms with van der Waals surface area (Å²) in [6.07, 6.45) is 7.48. The van der Waals surface area contributed by atoms with Crippen LogP contribution in [0.1, 0.15) is 105 Å². The fourth-order valence-corrected chi connectivity index (χ4v) is 6.43. The summed E-state index contributed by atoms with van der Waals surface area (Å²) in [5, 5.41) is 0. The maximum absolute atomic E-state index is 12.9. The van der Waals surface area contributed by atoms with Gasteiger partial charge in [-0.15, -0.1) is 0 Å². The molecule has 4 rings (SSSR count). The van der Waals surface area contributed by atoms with E-state index in [0.717, 1.165) is 55.6 Å². The molecule has 0 spiro atoms. The Kier molecular flexibility index (Phi) is 10.5. The van der Waals surface area contributed by atoms with E-state index in [1.807, 2.05) is 44.7 Å². The molecule has 1 amide bonds. The molecule has 0 saturated carbocycles. The second-order valence-electron chi connectivity index (χ2n) is 13.5. The molecule has 8 nitrogen and oxygen atoms in total. The molecule has 0 unspecified atom stereocenters. The van der Waals surface area contributed by atoms with E-state index < -0.39 is 11.2 Å². The van der Waals surface area contributed by atoms with Crippen molar-refractivity contribution in [1.82, 2.24) is 4.90 Å². The fraction of sp³-hybridized carbons (Fsp3) is 0.706. The monoisotopic (exact) mass is 585 g/mol. The van der Waals surface area contributed by atoms with Gasteiger partial charge in [-0.05, 0) is 99.1 Å². The van der Waals surface area contributed by atoms with E-state index in [-0.39, 0.29) is 36.1 Å². The molecule has 234 valence electrons. The van der Waals surface area contributed by atoms with Gasteiger partial charge >= 0.3 is 12.1 Å². The van der Waals surface area contributed by atoms with Crippen LogP contribution in [0.2, 0.25) is 0 Å². The lowest BCUT2D eigenvalue weighted by atomic mass is 9.68. The predicted octanol–water partition coefficient (Wildman–Crippen LogP) is 7.40. The second-order valence-corrected chi connectivity index (χ2v) is 13.5. The number of allylic oxidation sites excluding steroid dienone is 2. The summed E-state index contributed by atoms with van der Waals surface area (Å²) >= 11 is 0. The number of esters is 1. The van der Waals surface area contributed by atoms with Crippen LogP contribution in [0.25, 0.3) is 0 Å². The molecule has 0 aliphatic carbocycles. The highest BCUT2D eigenvalue weighted by Gasteiger charge is 2.53. The fourth-order valence-electron chi connectivity index (χ4n) is 6.43. The van der Waals surface area contributed by atoms with Crippen LogP contribution in [0.4, 0.5) is 4.79 Å². The van der Waals surface area contributed by atoms with Gasteiger partial charge in [0.05, 0.1) is 25.4 Å². The van der Waals surface area contributed by atoms with Gasteiger partial charge in [-0.2, -0.15) is 0 Å². The number of unbranched alkanes of at least 4 members (excludes halogenated alkanes) is 1. The lowest BCUT2D eigenvalue weighted by molar-refractivity contribution is -0.191. The SMILES string of the molecule is CCOC(=O)CCCCOc1ccc2c(c1)O[C@@](C)(CCC=C(C)C)[C@H]1C[C@H]3CN(C(=O)OC(C)(C)C)CC[C@@H]3O[C@H]21. The molecular weight excluding hydrogens is 534 g/mol. The second kappa shape index (κ2) is 13.7. The number of carbonyl (C=O) groups is 2. The van der Waals surface area contributed by atoms with E-state index in [2.05, 4.69) is 32.9 Å². The Morgan fingerprint density at radius 2 is 1.98 bits per heavy atom. The first kappa shape index (κ1) is 32.2. The number of ether oxygens (including phenoxy) is 5. The maximum Gasteiger partial charge on any atom is 0.410 e. The van der Waals surface area contributed by atoms with Crippen LogP contribution in [0.15, 0.2) is 29.8 Å². The Hall–Kier alpha value is -2.74. The number of rotatable bonds is 10. The summed E-state index contributed by atoms with van der Waals surface area (Å²) in [7, 11) is 0. The van der Waals surface area contributed by atoms with Crippen molar-refractivity contribution in [1.29, 1.82) is 0 Å². The molecule has 42 heavy (non-hydrogen) atoms. The van der Waals surface area contributed by atoms with Gasteiger partial charge < -0.3 is 28.6 Å². The minimum atomic E-state index is -0.516. The van der Waals surface area contributed by atoms with Crippen LogP contribution in [0, 0.1) is 11.8 Å². The Morgan fingerprint density at radius 1 is 1.19 bits per heavy atom. The highest BCUT2D eigenvalue weighted by atomic mass is 16.6. The third-order valence-corrected chi connectivity index (χ3v) is 8.52. The van der Waals surface area contributed by atoms with Gasteiger partial charge in [0, 0.05) is 43.0 Å². The molecule has 0 N–H and O–H groups in total. The quantitative estimate of drug-likeness (QED) is 0.161. The number of nitrogens with zero attached hydrogens (tertiary/aromatic N) is 1. The minimum absolute atomic E-state index is 0.0709. The van der Waals surface area contributed by atoms with Crippen molar-refractivity contribution < 1.29 is 33.3 Å². The summed E-state index contributed by atoms with van der Waals surface area (Å²) in [5.41, 5.74) is 1.42. The lowest BCUT2D eigenvalue weighted by Gasteiger charge is -2.54. The van der Waals surface area contributed by atoms with E-state index in [4.69, 9.17) is 23.7 Å². The molecule has 3 aliphatic rings. The van der Waals surface area contributed by atoms with E-state index in [0.29, 0.717) is 32.7 Å². The normalized spacial score (nSPS) is 26.6. The molecule has 0 radical (unpaired) electrons. The van der Waals surface area contributed by atoms with Crippen molar-refractivity contribution in [3.05, 3.63) is 35.4 Å². The van der Waals surface area contributed by atoms with Crippen molar-refractivity contribution in [3.63, 3.8) is 0 Å². The van der Waals surface area contributed by atoms with Gasteiger partial charge in [0.2, 0.25) is 0 Å². The highest BCUT2D eigenvalue weighted by molar-refractivity contribution is 5.69. The number of amides is 1. The Morgan fingerprint density at radius 3 is 2.69 bits per heavy atom. The van der Waals surface area contributed by atoms with Gasteiger partial charge in [-0.3, -0.25) is 4.79 Å². The number of benzene rings is 1. The van der Waals surface area contributed by atoms with Crippen molar-refractivity contribution >= 4 is 12.1 Å². The summed E-state index contributed by atoms with van der Waals surface area (Å²) in [5.74, 6) is 1.81. The Labute approximate surface area is 252 Å². The third-order valence-electron chi connectivity index (χ3n) is 8.52. The minimum Gasteiger partial charge on any atom is -0.493 e. The summed E-state index contributed by atoms with van der Waals surface area (Å²) in [6.45, 7) is 16.2. The van der Waals surface area contributed by atoms with Crippen molar-refractivity contribution in [2.45, 2.75) is 117 Å². The zero-order valence-corrected chi connectivity index (χ0v) is 26.7. The van der Waals surface area contributed by atoms with E-state index in [1.165, 1.54) is 5.57 Å². The molecule has 0 aromatic heterocycles. The van der Waals surface area contributed by atoms with Crippen LogP contribution in [0.5, 0.6) is 11.5 Å². The molecule has 1 aromatic carbocycles. The first-order valence-electron chi connectivity index (χ1n) is 15.8. The predicted molar refractivity (Wildman–Crippen MR) is 162 cm³/mol. The van der Waals surface area contributed by atoms with Gasteiger partial charge in [0.25, 0.3) is 0 Å². The summed E-state index contributed by atoms with van der Waals surface area (Å²) in [4.78, 5) is 26.3. The molecule has 8 heteroatoms. The third kappa shape index (κ3) is 8.21.